The summed E-state index contributed by atoms with van der Waals surface area (Å²) in [6.45, 7) is 2.77. The number of nitro groups is 1. The maximum atomic E-state index is 10.7. The van der Waals surface area contributed by atoms with Crippen molar-refractivity contribution in [1.82, 2.24) is 0 Å². The maximum Gasteiger partial charge on any atom is 0.275 e. The SMILES string of the molecule is CCCCCCCCOc1cc(N)cc([N+](=O)[O-])c1. The van der Waals surface area contributed by atoms with E-state index >= 15 is 0 Å². The first-order valence-electron chi connectivity index (χ1n) is 6.81. The van der Waals surface area contributed by atoms with Gasteiger partial charge in [0.2, 0.25) is 0 Å². The Balaban J connectivity index is 2.31. The highest BCUT2D eigenvalue weighted by molar-refractivity contribution is 5.53. The summed E-state index contributed by atoms with van der Waals surface area (Å²) in [4.78, 5) is 10.2. The van der Waals surface area contributed by atoms with Gasteiger partial charge in [-0.15, -0.1) is 0 Å². The van der Waals surface area contributed by atoms with Crippen LogP contribution in [-0.2, 0) is 0 Å². The third-order valence-corrected chi connectivity index (χ3v) is 2.89. The largest absolute Gasteiger partial charge is 0.493 e. The lowest BCUT2D eigenvalue weighted by atomic mass is 10.1. The third kappa shape index (κ3) is 6.08. The van der Waals surface area contributed by atoms with Crippen LogP contribution in [0.1, 0.15) is 45.4 Å². The van der Waals surface area contributed by atoms with Gasteiger partial charge in [0, 0.05) is 17.8 Å². The molecule has 0 aliphatic rings. The molecule has 0 fully saturated rings. The highest BCUT2D eigenvalue weighted by atomic mass is 16.6. The van der Waals surface area contributed by atoms with Gasteiger partial charge in [0.25, 0.3) is 5.69 Å². The summed E-state index contributed by atoms with van der Waals surface area (Å²) in [5.74, 6) is 0.472. The molecule has 0 radical (unpaired) electrons. The van der Waals surface area contributed by atoms with Crippen LogP contribution in [0.25, 0.3) is 0 Å². The number of nitrogen functional groups attached to an aromatic ring is 1. The Labute approximate surface area is 113 Å². The van der Waals surface area contributed by atoms with Crippen molar-refractivity contribution in [3.05, 3.63) is 28.3 Å². The van der Waals surface area contributed by atoms with Crippen LogP contribution in [0.4, 0.5) is 11.4 Å². The molecule has 0 saturated heterocycles. The van der Waals surface area contributed by atoms with Crippen LogP contribution in [0.15, 0.2) is 18.2 Å². The van der Waals surface area contributed by atoms with Gasteiger partial charge in [-0.3, -0.25) is 10.1 Å². The number of ether oxygens (including phenoxy) is 1. The average molecular weight is 266 g/mol. The molecule has 1 rings (SSSR count). The second-order valence-corrected chi connectivity index (χ2v) is 4.63. The zero-order valence-electron chi connectivity index (χ0n) is 11.4. The number of nitro benzene ring substituents is 1. The van der Waals surface area contributed by atoms with Crippen molar-refractivity contribution < 1.29 is 9.66 Å². The lowest BCUT2D eigenvalue weighted by molar-refractivity contribution is -0.384. The molecule has 0 heterocycles. The summed E-state index contributed by atoms with van der Waals surface area (Å²) in [7, 11) is 0. The van der Waals surface area contributed by atoms with Crippen molar-refractivity contribution in [2.24, 2.45) is 0 Å². The predicted molar refractivity (Wildman–Crippen MR) is 76.4 cm³/mol. The molecule has 19 heavy (non-hydrogen) atoms. The first-order chi connectivity index (χ1) is 9.13. The fraction of sp³-hybridized carbons (Fsp3) is 0.571. The highest BCUT2D eigenvalue weighted by Crippen LogP contribution is 2.24. The number of non-ortho nitro benzene ring substituents is 1. The standard InChI is InChI=1S/C14H22N2O3/c1-2-3-4-5-6-7-8-19-14-10-12(15)9-13(11-14)16(17)18/h9-11H,2-8,15H2,1H3. The van der Waals surface area contributed by atoms with E-state index in [9.17, 15) is 10.1 Å². The van der Waals surface area contributed by atoms with Crippen LogP contribution in [-0.4, -0.2) is 11.5 Å². The first kappa shape index (κ1) is 15.3. The highest BCUT2D eigenvalue weighted by Gasteiger charge is 2.08. The molecule has 1 aromatic carbocycles. The molecule has 0 aromatic heterocycles. The third-order valence-electron chi connectivity index (χ3n) is 2.89. The molecule has 0 unspecified atom stereocenters. The summed E-state index contributed by atoms with van der Waals surface area (Å²) < 4.78 is 5.50. The van der Waals surface area contributed by atoms with Gasteiger partial charge in [0.15, 0.2) is 0 Å². The first-order valence-corrected chi connectivity index (χ1v) is 6.81. The molecule has 0 aliphatic heterocycles. The van der Waals surface area contributed by atoms with E-state index in [0.717, 1.165) is 12.8 Å². The number of hydrogen-bond donors (Lipinski definition) is 1. The minimum Gasteiger partial charge on any atom is -0.493 e. The van der Waals surface area contributed by atoms with E-state index in [1.54, 1.807) is 6.07 Å². The molecule has 0 amide bonds. The minimum atomic E-state index is -0.464. The van der Waals surface area contributed by atoms with Gasteiger partial charge < -0.3 is 10.5 Å². The van der Waals surface area contributed by atoms with Crippen molar-refractivity contribution in [3.63, 3.8) is 0 Å². The molecule has 0 bridgehead atoms. The van der Waals surface area contributed by atoms with Gasteiger partial charge in [-0.05, 0) is 6.42 Å². The molecular formula is C14H22N2O3. The van der Waals surface area contributed by atoms with Gasteiger partial charge in [-0.1, -0.05) is 39.0 Å². The molecule has 1 aromatic rings. The second kappa shape index (κ2) is 8.34. The van der Waals surface area contributed by atoms with E-state index in [2.05, 4.69) is 6.92 Å². The fourth-order valence-corrected chi connectivity index (χ4v) is 1.87. The number of hydrogen-bond acceptors (Lipinski definition) is 4. The van der Waals surface area contributed by atoms with E-state index in [4.69, 9.17) is 10.5 Å². The van der Waals surface area contributed by atoms with E-state index in [1.807, 2.05) is 0 Å². The number of benzene rings is 1. The Bertz CT molecular complexity index is 408. The molecule has 5 nitrogen and oxygen atoms in total. The smallest absolute Gasteiger partial charge is 0.275 e. The fourth-order valence-electron chi connectivity index (χ4n) is 1.87. The summed E-state index contributed by atoms with van der Waals surface area (Å²) in [6.07, 6.45) is 7.09. The minimum absolute atomic E-state index is 0.0297. The summed E-state index contributed by atoms with van der Waals surface area (Å²) in [6, 6.07) is 4.36. The molecular weight excluding hydrogens is 244 g/mol. The molecule has 5 heteroatoms. The van der Waals surface area contributed by atoms with Crippen LogP contribution in [0.3, 0.4) is 0 Å². The second-order valence-electron chi connectivity index (χ2n) is 4.63. The van der Waals surface area contributed by atoms with Gasteiger partial charge in [0.05, 0.1) is 17.6 Å². The zero-order chi connectivity index (χ0) is 14.1. The van der Waals surface area contributed by atoms with Crippen molar-refractivity contribution in [2.45, 2.75) is 45.4 Å². The van der Waals surface area contributed by atoms with Gasteiger partial charge >= 0.3 is 0 Å². The number of unbranched alkanes of at least 4 members (excludes halogenated alkanes) is 5. The lowest BCUT2D eigenvalue weighted by Crippen LogP contribution is -1.99. The number of rotatable bonds is 9. The van der Waals surface area contributed by atoms with Crippen LogP contribution < -0.4 is 10.5 Å². The Morgan fingerprint density at radius 3 is 2.53 bits per heavy atom. The monoisotopic (exact) mass is 266 g/mol. The van der Waals surface area contributed by atoms with Crippen LogP contribution in [0.5, 0.6) is 5.75 Å². The number of nitrogens with zero attached hydrogens (tertiary/aromatic N) is 1. The summed E-state index contributed by atoms with van der Waals surface area (Å²) in [5.41, 5.74) is 5.92. The normalized spacial score (nSPS) is 10.4. The van der Waals surface area contributed by atoms with E-state index < -0.39 is 4.92 Å². The lowest BCUT2D eigenvalue weighted by Gasteiger charge is -2.07. The average Bonchev–Trinajstić information content (AvgIpc) is 2.37. The maximum absolute atomic E-state index is 10.7. The Morgan fingerprint density at radius 2 is 1.84 bits per heavy atom. The van der Waals surface area contributed by atoms with Gasteiger partial charge in [-0.2, -0.15) is 0 Å². The summed E-state index contributed by atoms with van der Waals surface area (Å²) in [5, 5.41) is 10.7. The number of anilines is 1. The number of nitrogens with two attached hydrogens (primary N) is 1. The van der Waals surface area contributed by atoms with Gasteiger partial charge in [0.1, 0.15) is 5.75 Å². The van der Waals surface area contributed by atoms with Crippen LogP contribution in [0.2, 0.25) is 0 Å². The Morgan fingerprint density at radius 1 is 1.16 bits per heavy atom. The van der Waals surface area contributed by atoms with E-state index in [-0.39, 0.29) is 5.69 Å². The van der Waals surface area contributed by atoms with E-state index in [0.29, 0.717) is 18.0 Å². The topological polar surface area (TPSA) is 78.4 Å². The van der Waals surface area contributed by atoms with Crippen molar-refractivity contribution in [2.75, 3.05) is 12.3 Å². The van der Waals surface area contributed by atoms with Crippen LogP contribution in [0, 0.1) is 10.1 Å². The molecule has 0 spiro atoms. The predicted octanol–water partition coefficient (Wildman–Crippen LogP) is 3.92. The Hall–Kier alpha value is -1.78. The van der Waals surface area contributed by atoms with Crippen molar-refractivity contribution >= 4 is 11.4 Å². The van der Waals surface area contributed by atoms with Crippen molar-refractivity contribution in [3.8, 4) is 5.75 Å². The van der Waals surface area contributed by atoms with E-state index in [1.165, 1.54) is 37.8 Å². The van der Waals surface area contributed by atoms with Crippen molar-refractivity contribution in [1.29, 1.82) is 0 Å². The van der Waals surface area contributed by atoms with Crippen LogP contribution >= 0.6 is 0 Å². The Kier molecular flexibility index (Phi) is 6.71. The molecule has 0 atom stereocenters. The molecule has 0 saturated carbocycles. The zero-order valence-corrected chi connectivity index (χ0v) is 11.4. The summed E-state index contributed by atoms with van der Waals surface area (Å²) >= 11 is 0. The van der Waals surface area contributed by atoms with Gasteiger partial charge in [-0.25, -0.2) is 0 Å². The molecule has 106 valence electrons. The molecule has 0 aliphatic carbocycles. The molecule has 2 N–H and O–H groups in total. The quantitative estimate of drug-likeness (QED) is 0.318.